The molecule has 0 atom stereocenters. The van der Waals surface area contributed by atoms with Gasteiger partial charge >= 0.3 is 0 Å². The van der Waals surface area contributed by atoms with E-state index in [1.165, 1.54) is 11.8 Å². The lowest BCUT2D eigenvalue weighted by molar-refractivity contribution is 0.102. The van der Waals surface area contributed by atoms with E-state index in [4.69, 9.17) is 16.0 Å². The molecule has 0 saturated carbocycles. The number of fused-ring (bicyclic) bond motifs is 1. The van der Waals surface area contributed by atoms with Crippen molar-refractivity contribution in [1.82, 2.24) is 15.2 Å². The van der Waals surface area contributed by atoms with Crippen LogP contribution in [0.3, 0.4) is 0 Å². The fourth-order valence-corrected chi connectivity index (χ4v) is 3.26. The Kier molecular flexibility index (Phi) is 4.29. The number of ketones is 1. The summed E-state index contributed by atoms with van der Waals surface area (Å²) in [6, 6.07) is 14.7. The monoisotopic (exact) mass is 369 g/mol. The fraction of sp³-hybridized carbons (Fsp3) is 0.0556. The van der Waals surface area contributed by atoms with Crippen LogP contribution in [0.5, 0.6) is 0 Å². The zero-order chi connectivity index (χ0) is 17.2. The molecule has 0 amide bonds. The third-order valence-corrected chi connectivity index (χ3v) is 4.79. The predicted molar refractivity (Wildman–Crippen MR) is 98.1 cm³/mol. The number of thioether (sulfide) groups is 1. The van der Waals surface area contributed by atoms with Crippen LogP contribution >= 0.6 is 23.4 Å². The molecular weight excluding hydrogens is 358 g/mol. The van der Waals surface area contributed by atoms with Gasteiger partial charge in [0, 0.05) is 27.7 Å². The van der Waals surface area contributed by atoms with Crippen LogP contribution in [-0.4, -0.2) is 26.7 Å². The summed E-state index contributed by atoms with van der Waals surface area (Å²) in [7, 11) is 0. The normalized spacial score (nSPS) is 11.1. The Bertz CT molecular complexity index is 1040. The smallest absolute Gasteiger partial charge is 0.277 e. The number of H-pyrrole nitrogens is 1. The minimum Gasteiger partial charge on any atom is -0.411 e. The quantitative estimate of drug-likeness (QED) is 0.402. The molecule has 0 saturated heterocycles. The van der Waals surface area contributed by atoms with Crippen molar-refractivity contribution in [3.8, 4) is 11.5 Å². The van der Waals surface area contributed by atoms with E-state index in [0.717, 1.165) is 16.5 Å². The number of halogens is 1. The molecule has 0 fully saturated rings. The van der Waals surface area contributed by atoms with E-state index >= 15 is 0 Å². The van der Waals surface area contributed by atoms with Crippen LogP contribution in [0.15, 0.2) is 64.4 Å². The molecule has 7 heteroatoms. The van der Waals surface area contributed by atoms with Crippen molar-refractivity contribution in [3.63, 3.8) is 0 Å². The van der Waals surface area contributed by atoms with Crippen LogP contribution in [0.25, 0.3) is 22.4 Å². The Morgan fingerprint density at radius 2 is 1.92 bits per heavy atom. The van der Waals surface area contributed by atoms with Crippen molar-refractivity contribution in [3.05, 3.63) is 65.3 Å². The van der Waals surface area contributed by atoms with Gasteiger partial charge in [-0.3, -0.25) is 4.79 Å². The summed E-state index contributed by atoms with van der Waals surface area (Å²) in [6.45, 7) is 0. The first-order valence-electron chi connectivity index (χ1n) is 7.52. The van der Waals surface area contributed by atoms with Gasteiger partial charge < -0.3 is 9.40 Å². The van der Waals surface area contributed by atoms with Gasteiger partial charge in [0.2, 0.25) is 0 Å². The maximum Gasteiger partial charge on any atom is 0.277 e. The average Bonchev–Trinajstić information content (AvgIpc) is 3.27. The highest BCUT2D eigenvalue weighted by Crippen LogP contribution is 2.29. The van der Waals surface area contributed by atoms with E-state index in [-0.39, 0.29) is 11.5 Å². The van der Waals surface area contributed by atoms with Crippen molar-refractivity contribution in [2.45, 2.75) is 5.22 Å². The highest BCUT2D eigenvalue weighted by molar-refractivity contribution is 7.99. The van der Waals surface area contributed by atoms with Gasteiger partial charge in [-0.1, -0.05) is 41.6 Å². The largest absolute Gasteiger partial charge is 0.411 e. The molecule has 25 heavy (non-hydrogen) atoms. The lowest BCUT2D eigenvalue weighted by Crippen LogP contribution is -2.01. The summed E-state index contributed by atoms with van der Waals surface area (Å²) in [4.78, 5) is 15.4. The Morgan fingerprint density at radius 1 is 1.12 bits per heavy atom. The van der Waals surface area contributed by atoms with Gasteiger partial charge in [0.15, 0.2) is 5.78 Å². The minimum atomic E-state index is -0.0199. The number of aromatic nitrogens is 3. The summed E-state index contributed by atoms with van der Waals surface area (Å²) < 4.78 is 5.69. The van der Waals surface area contributed by atoms with Gasteiger partial charge in [0.1, 0.15) is 0 Å². The Hall–Kier alpha value is -2.57. The van der Waals surface area contributed by atoms with E-state index in [9.17, 15) is 4.79 Å². The number of nitrogens with one attached hydrogen (secondary N) is 1. The molecule has 0 aliphatic heterocycles. The summed E-state index contributed by atoms with van der Waals surface area (Å²) in [5.41, 5.74) is 2.45. The number of nitrogens with zero attached hydrogens (tertiary/aromatic N) is 2. The second-order valence-electron chi connectivity index (χ2n) is 5.34. The van der Waals surface area contributed by atoms with Gasteiger partial charge in [-0.2, -0.15) is 0 Å². The number of para-hydroxylation sites is 1. The topological polar surface area (TPSA) is 71.8 Å². The molecule has 0 radical (unpaired) electrons. The maximum atomic E-state index is 12.2. The number of rotatable bonds is 5. The van der Waals surface area contributed by atoms with Crippen LogP contribution < -0.4 is 0 Å². The van der Waals surface area contributed by atoms with Gasteiger partial charge in [-0.25, -0.2) is 0 Å². The average molecular weight is 370 g/mol. The molecule has 4 rings (SSSR count). The molecule has 0 spiro atoms. The first-order valence-corrected chi connectivity index (χ1v) is 8.88. The molecule has 2 aromatic carbocycles. The zero-order valence-electron chi connectivity index (χ0n) is 12.9. The second-order valence-corrected chi connectivity index (χ2v) is 6.70. The molecule has 2 heterocycles. The van der Waals surface area contributed by atoms with Gasteiger partial charge in [-0.05, 0) is 30.3 Å². The number of carbonyl (C=O) groups is 1. The van der Waals surface area contributed by atoms with Crippen LogP contribution in [0.1, 0.15) is 10.4 Å². The van der Waals surface area contributed by atoms with Crippen molar-refractivity contribution in [2.75, 3.05) is 5.75 Å². The first-order chi connectivity index (χ1) is 12.2. The van der Waals surface area contributed by atoms with Crippen LogP contribution in [0, 0.1) is 0 Å². The Labute approximate surface area is 152 Å². The first kappa shape index (κ1) is 15.9. The number of hydrogen-bond donors (Lipinski definition) is 1. The highest BCUT2D eigenvalue weighted by Gasteiger charge is 2.15. The number of hydrogen-bond acceptors (Lipinski definition) is 5. The Morgan fingerprint density at radius 3 is 2.76 bits per heavy atom. The maximum absolute atomic E-state index is 12.2. The third-order valence-electron chi connectivity index (χ3n) is 3.72. The molecule has 2 aromatic heterocycles. The van der Waals surface area contributed by atoms with Crippen molar-refractivity contribution in [1.29, 1.82) is 0 Å². The number of benzene rings is 2. The number of carbonyl (C=O) groups excluding carboxylic acids is 1. The minimum absolute atomic E-state index is 0.0199. The van der Waals surface area contributed by atoms with Crippen LogP contribution in [0.2, 0.25) is 5.02 Å². The predicted octanol–water partition coefficient (Wildman–Crippen LogP) is 4.85. The van der Waals surface area contributed by atoms with E-state index in [0.29, 0.717) is 21.7 Å². The molecule has 4 aromatic rings. The second kappa shape index (κ2) is 6.74. The van der Waals surface area contributed by atoms with E-state index in [1.807, 2.05) is 30.5 Å². The van der Waals surface area contributed by atoms with Crippen molar-refractivity contribution < 1.29 is 9.21 Å². The molecule has 5 nitrogen and oxygen atoms in total. The van der Waals surface area contributed by atoms with E-state index in [2.05, 4.69) is 15.2 Å². The zero-order valence-corrected chi connectivity index (χ0v) is 14.5. The molecule has 0 aliphatic carbocycles. The summed E-state index contributed by atoms with van der Waals surface area (Å²) in [6.07, 6.45) is 1.84. The van der Waals surface area contributed by atoms with E-state index in [1.54, 1.807) is 24.3 Å². The summed E-state index contributed by atoms with van der Waals surface area (Å²) in [5, 5.41) is 10.1. The molecular formula is C18H12ClN3O2S. The SMILES string of the molecule is O=C(CSc1nnc(-c2c[nH]c3ccccc23)o1)c1ccc(Cl)cc1. The van der Waals surface area contributed by atoms with Gasteiger partial charge in [-0.15, -0.1) is 10.2 Å². The van der Waals surface area contributed by atoms with Crippen molar-refractivity contribution >= 4 is 40.0 Å². The third kappa shape index (κ3) is 3.31. The molecule has 0 unspecified atom stereocenters. The van der Waals surface area contributed by atoms with E-state index < -0.39 is 0 Å². The molecule has 0 aliphatic rings. The number of aromatic amines is 1. The molecule has 1 N–H and O–H groups in total. The lowest BCUT2D eigenvalue weighted by Gasteiger charge is -1.98. The fourth-order valence-electron chi connectivity index (χ4n) is 2.47. The van der Waals surface area contributed by atoms with Gasteiger partial charge in [0.25, 0.3) is 11.1 Å². The highest BCUT2D eigenvalue weighted by atomic mass is 35.5. The molecule has 124 valence electrons. The summed E-state index contributed by atoms with van der Waals surface area (Å²) in [5.74, 6) is 0.629. The standard InChI is InChI=1S/C18H12ClN3O2S/c19-12-7-5-11(6-8-12)16(23)10-25-18-22-21-17(24-18)14-9-20-15-4-2-1-3-13(14)15/h1-9,20H,10H2. The lowest BCUT2D eigenvalue weighted by atomic mass is 10.1. The van der Waals surface area contributed by atoms with Crippen LogP contribution in [0.4, 0.5) is 0 Å². The molecule has 0 bridgehead atoms. The summed E-state index contributed by atoms with van der Waals surface area (Å²) >= 11 is 7.05. The van der Waals surface area contributed by atoms with Gasteiger partial charge in [0.05, 0.1) is 11.3 Å². The number of Topliss-reactive ketones (excluding diaryl/α,β-unsaturated/α-hetero) is 1. The Balaban J connectivity index is 1.48. The van der Waals surface area contributed by atoms with Crippen LogP contribution in [-0.2, 0) is 0 Å². The van der Waals surface area contributed by atoms with Crippen molar-refractivity contribution in [2.24, 2.45) is 0 Å².